The highest BCUT2D eigenvalue weighted by Gasteiger charge is 2.14. The highest BCUT2D eigenvalue weighted by atomic mass is 127. The maximum Gasteiger partial charge on any atom is 0.164 e. The molecule has 2 rings (SSSR count). The lowest BCUT2D eigenvalue weighted by Gasteiger charge is -2.09. The van der Waals surface area contributed by atoms with Crippen molar-refractivity contribution in [1.29, 1.82) is 0 Å². The van der Waals surface area contributed by atoms with Crippen LogP contribution in [0.4, 0.5) is 10.2 Å². The van der Waals surface area contributed by atoms with Gasteiger partial charge in [-0.1, -0.05) is 17.7 Å². The summed E-state index contributed by atoms with van der Waals surface area (Å²) >= 11 is 7.91. The van der Waals surface area contributed by atoms with Crippen LogP contribution in [0.5, 0.6) is 0 Å². The first-order valence-electron chi connectivity index (χ1n) is 5.21. The smallest absolute Gasteiger partial charge is 0.164 e. The van der Waals surface area contributed by atoms with E-state index in [0.717, 1.165) is 9.26 Å². The second-order valence-corrected chi connectivity index (χ2v) is 5.13. The fourth-order valence-electron chi connectivity index (χ4n) is 1.52. The van der Waals surface area contributed by atoms with E-state index in [2.05, 4.69) is 37.9 Å². The normalized spacial score (nSPS) is 10.5. The molecule has 0 aliphatic rings. The number of aryl methyl sites for hydroxylation is 1. The molecule has 1 aromatic heterocycles. The Labute approximate surface area is 123 Å². The number of hydrogen-bond acceptors (Lipinski definition) is 3. The number of rotatable bonds is 2. The highest BCUT2D eigenvalue weighted by molar-refractivity contribution is 14.1. The van der Waals surface area contributed by atoms with Gasteiger partial charge >= 0.3 is 0 Å². The summed E-state index contributed by atoms with van der Waals surface area (Å²) in [6.45, 7) is 1.86. The van der Waals surface area contributed by atoms with Crippen LogP contribution < -0.4 is 5.32 Å². The fourth-order valence-corrected chi connectivity index (χ4v) is 2.21. The Morgan fingerprint density at radius 2 is 2.06 bits per heavy atom. The third-order valence-electron chi connectivity index (χ3n) is 2.45. The Morgan fingerprint density at radius 3 is 2.72 bits per heavy atom. The zero-order valence-electron chi connectivity index (χ0n) is 9.76. The molecule has 1 heterocycles. The van der Waals surface area contributed by atoms with Crippen LogP contribution in [0.3, 0.4) is 0 Å². The molecular formula is C12H10ClFIN3. The van der Waals surface area contributed by atoms with Crippen LogP contribution in [0.25, 0.3) is 11.4 Å². The van der Waals surface area contributed by atoms with Gasteiger partial charge in [-0.15, -0.1) is 0 Å². The summed E-state index contributed by atoms with van der Waals surface area (Å²) in [6.07, 6.45) is 0. The molecule has 0 unspecified atom stereocenters. The van der Waals surface area contributed by atoms with Gasteiger partial charge in [0.15, 0.2) is 11.6 Å². The maximum absolute atomic E-state index is 13.9. The Kier molecular flexibility index (Phi) is 4.01. The molecule has 0 atom stereocenters. The third kappa shape index (κ3) is 2.42. The van der Waals surface area contributed by atoms with Crippen LogP contribution in [0, 0.1) is 16.3 Å². The second-order valence-electron chi connectivity index (χ2n) is 3.65. The van der Waals surface area contributed by atoms with Crippen LogP contribution >= 0.6 is 34.2 Å². The van der Waals surface area contributed by atoms with Crippen LogP contribution in [-0.4, -0.2) is 17.0 Å². The summed E-state index contributed by atoms with van der Waals surface area (Å²) in [7, 11) is 1.77. The minimum Gasteiger partial charge on any atom is -0.372 e. The van der Waals surface area contributed by atoms with Gasteiger partial charge < -0.3 is 5.32 Å². The van der Waals surface area contributed by atoms with E-state index in [1.54, 1.807) is 19.2 Å². The topological polar surface area (TPSA) is 37.8 Å². The first kappa shape index (κ1) is 13.5. The van der Waals surface area contributed by atoms with Crippen molar-refractivity contribution in [1.82, 2.24) is 9.97 Å². The molecule has 1 N–H and O–H groups in total. The van der Waals surface area contributed by atoms with Crippen LogP contribution in [0.1, 0.15) is 5.69 Å². The van der Waals surface area contributed by atoms with E-state index >= 15 is 0 Å². The van der Waals surface area contributed by atoms with E-state index in [1.165, 1.54) is 6.07 Å². The second kappa shape index (κ2) is 5.36. The molecule has 0 fully saturated rings. The maximum atomic E-state index is 13.9. The third-order valence-corrected chi connectivity index (χ3v) is 4.03. The minimum atomic E-state index is -0.498. The van der Waals surface area contributed by atoms with E-state index in [-0.39, 0.29) is 5.02 Å². The summed E-state index contributed by atoms with van der Waals surface area (Å²) in [5.41, 5.74) is 1.10. The molecule has 0 aliphatic heterocycles. The summed E-state index contributed by atoms with van der Waals surface area (Å²) in [6, 6.07) is 4.79. The van der Waals surface area contributed by atoms with Crippen molar-refractivity contribution < 1.29 is 4.39 Å². The molecule has 1 aromatic carbocycles. The van der Waals surface area contributed by atoms with Gasteiger partial charge in [0.1, 0.15) is 5.82 Å². The summed E-state index contributed by atoms with van der Waals surface area (Å²) < 4.78 is 14.8. The fraction of sp³-hybridized carbons (Fsp3) is 0.167. The predicted molar refractivity (Wildman–Crippen MR) is 79.4 cm³/mol. The quantitative estimate of drug-likeness (QED) is 0.807. The summed E-state index contributed by atoms with van der Waals surface area (Å²) in [5.74, 6) is 0.511. The van der Waals surface area contributed by atoms with Crippen molar-refractivity contribution in [3.05, 3.63) is 38.3 Å². The van der Waals surface area contributed by atoms with Gasteiger partial charge in [-0.2, -0.15) is 0 Å². The molecular weight excluding hydrogens is 368 g/mol. The molecule has 0 spiro atoms. The van der Waals surface area contributed by atoms with Crippen LogP contribution in [0.2, 0.25) is 5.02 Å². The van der Waals surface area contributed by atoms with Gasteiger partial charge in [0.05, 0.1) is 19.9 Å². The van der Waals surface area contributed by atoms with Crippen LogP contribution in [0.15, 0.2) is 18.2 Å². The number of aromatic nitrogens is 2. The molecule has 2 aromatic rings. The molecule has 0 amide bonds. The Hall–Kier alpha value is -0.950. The molecule has 0 saturated heterocycles. The molecule has 0 bridgehead atoms. The van der Waals surface area contributed by atoms with E-state index in [0.29, 0.717) is 17.2 Å². The van der Waals surface area contributed by atoms with Gasteiger partial charge in [-0.25, -0.2) is 14.4 Å². The summed E-state index contributed by atoms with van der Waals surface area (Å²) in [4.78, 5) is 8.59. The van der Waals surface area contributed by atoms with Gasteiger partial charge in [0.25, 0.3) is 0 Å². The van der Waals surface area contributed by atoms with Crippen molar-refractivity contribution in [2.45, 2.75) is 6.92 Å². The first-order valence-corrected chi connectivity index (χ1v) is 6.66. The van der Waals surface area contributed by atoms with Gasteiger partial charge in [-0.05, 0) is 41.6 Å². The Morgan fingerprint density at radius 1 is 1.33 bits per heavy atom. The zero-order valence-corrected chi connectivity index (χ0v) is 12.7. The van der Waals surface area contributed by atoms with Gasteiger partial charge in [0.2, 0.25) is 0 Å². The van der Waals surface area contributed by atoms with Crippen molar-refractivity contribution >= 4 is 40.0 Å². The average molecular weight is 378 g/mol. The van der Waals surface area contributed by atoms with Crippen molar-refractivity contribution in [3.63, 3.8) is 0 Å². The first-order chi connectivity index (χ1) is 8.54. The van der Waals surface area contributed by atoms with Gasteiger partial charge in [-0.3, -0.25) is 0 Å². The van der Waals surface area contributed by atoms with E-state index in [9.17, 15) is 4.39 Å². The molecule has 94 valence electrons. The molecule has 3 nitrogen and oxygen atoms in total. The van der Waals surface area contributed by atoms with Crippen molar-refractivity contribution in [3.8, 4) is 11.4 Å². The number of benzene rings is 1. The van der Waals surface area contributed by atoms with Gasteiger partial charge in [0, 0.05) is 7.05 Å². The van der Waals surface area contributed by atoms with E-state index in [4.69, 9.17) is 11.6 Å². The molecule has 6 heteroatoms. The largest absolute Gasteiger partial charge is 0.372 e. The number of hydrogen-bond donors (Lipinski definition) is 1. The zero-order chi connectivity index (χ0) is 13.3. The summed E-state index contributed by atoms with van der Waals surface area (Å²) in [5, 5.41) is 3.03. The molecule has 0 saturated carbocycles. The average Bonchev–Trinajstić information content (AvgIpc) is 2.36. The number of nitrogens with zero attached hydrogens (tertiary/aromatic N) is 2. The standard InChI is InChI=1S/C12H10ClFIN3/c1-6-10(15)12(16-2)18-11(17-6)7-4-3-5-8(13)9(7)14/h3-5H,1-2H3,(H,16,17,18). The minimum absolute atomic E-state index is 0.0679. The molecule has 0 radical (unpaired) electrons. The lowest BCUT2D eigenvalue weighted by molar-refractivity contribution is 0.630. The van der Waals surface area contributed by atoms with Crippen LogP contribution in [-0.2, 0) is 0 Å². The number of anilines is 1. The molecule has 0 aliphatic carbocycles. The SMILES string of the molecule is CNc1nc(-c2cccc(Cl)c2F)nc(C)c1I. The highest BCUT2D eigenvalue weighted by Crippen LogP contribution is 2.28. The predicted octanol–water partition coefficient (Wildman–Crippen LogP) is 3.89. The van der Waals surface area contributed by atoms with Crippen molar-refractivity contribution in [2.75, 3.05) is 12.4 Å². The van der Waals surface area contributed by atoms with Crippen molar-refractivity contribution in [2.24, 2.45) is 0 Å². The van der Waals surface area contributed by atoms with E-state index < -0.39 is 5.82 Å². The lowest BCUT2D eigenvalue weighted by Crippen LogP contribution is -2.03. The Balaban J connectivity index is 2.64. The van der Waals surface area contributed by atoms with E-state index in [1.807, 2.05) is 6.92 Å². The monoisotopic (exact) mass is 377 g/mol. The number of halogens is 3. The number of nitrogens with one attached hydrogen (secondary N) is 1. The molecule has 18 heavy (non-hydrogen) atoms. The lowest BCUT2D eigenvalue weighted by atomic mass is 10.2. The Bertz CT molecular complexity index is 604.